The predicted molar refractivity (Wildman–Crippen MR) is 90.3 cm³/mol. The van der Waals surface area contributed by atoms with E-state index in [1.54, 1.807) is 13.2 Å². The molecule has 2 aromatic rings. The Morgan fingerprint density at radius 3 is 3.04 bits per heavy atom. The fourth-order valence-electron chi connectivity index (χ4n) is 2.83. The Balaban J connectivity index is 1.69. The smallest absolute Gasteiger partial charge is 0.254 e. The summed E-state index contributed by atoms with van der Waals surface area (Å²) in [5.41, 5.74) is 0.889. The molecule has 5 nitrogen and oxygen atoms in total. The Kier molecular flexibility index (Phi) is 4.85. The second kappa shape index (κ2) is 7.05. The van der Waals surface area contributed by atoms with Crippen molar-refractivity contribution in [3.8, 4) is 5.75 Å². The highest BCUT2D eigenvalue weighted by Gasteiger charge is 2.27. The van der Waals surface area contributed by atoms with E-state index in [4.69, 9.17) is 16.3 Å². The number of aromatic nitrogens is 1. The average Bonchev–Trinajstić information content (AvgIpc) is 3.03. The predicted octanol–water partition coefficient (Wildman–Crippen LogP) is 2.89. The SMILES string of the molecule is COc1ccc(Cl)cc1N1CC[C@@H](NC(=O)c2ccncc2F)C1. The van der Waals surface area contributed by atoms with E-state index in [1.165, 1.54) is 12.3 Å². The first-order valence-corrected chi connectivity index (χ1v) is 7.95. The molecule has 0 radical (unpaired) electrons. The van der Waals surface area contributed by atoms with Crippen LogP contribution in [-0.2, 0) is 0 Å². The van der Waals surface area contributed by atoms with Gasteiger partial charge in [-0.05, 0) is 30.7 Å². The molecule has 1 N–H and O–H groups in total. The van der Waals surface area contributed by atoms with E-state index in [9.17, 15) is 9.18 Å². The van der Waals surface area contributed by atoms with Crippen LogP contribution in [-0.4, -0.2) is 37.1 Å². The van der Waals surface area contributed by atoms with Gasteiger partial charge >= 0.3 is 0 Å². The summed E-state index contributed by atoms with van der Waals surface area (Å²) in [6.45, 7) is 1.36. The zero-order valence-corrected chi connectivity index (χ0v) is 13.9. The Morgan fingerprint density at radius 1 is 1.46 bits per heavy atom. The van der Waals surface area contributed by atoms with Crippen LogP contribution in [0.3, 0.4) is 0 Å². The van der Waals surface area contributed by atoms with Crippen LogP contribution in [0.2, 0.25) is 5.02 Å². The van der Waals surface area contributed by atoms with Gasteiger partial charge in [0.2, 0.25) is 0 Å². The number of ether oxygens (including phenoxy) is 1. The Bertz CT molecular complexity index is 756. The van der Waals surface area contributed by atoms with Crippen molar-refractivity contribution in [2.75, 3.05) is 25.1 Å². The Labute approximate surface area is 144 Å². The lowest BCUT2D eigenvalue weighted by Gasteiger charge is -2.21. The molecule has 1 amide bonds. The summed E-state index contributed by atoms with van der Waals surface area (Å²) in [6.07, 6.45) is 3.19. The van der Waals surface area contributed by atoms with Crippen LogP contribution in [0.4, 0.5) is 10.1 Å². The van der Waals surface area contributed by atoms with Gasteiger partial charge < -0.3 is 15.0 Å². The van der Waals surface area contributed by atoms with Gasteiger partial charge in [-0.25, -0.2) is 4.39 Å². The van der Waals surface area contributed by atoms with E-state index in [0.29, 0.717) is 11.6 Å². The third-order valence-electron chi connectivity index (χ3n) is 4.02. The highest BCUT2D eigenvalue weighted by molar-refractivity contribution is 6.30. The molecule has 0 saturated carbocycles. The van der Waals surface area contributed by atoms with Crippen molar-refractivity contribution in [1.29, 1.82) is 0 Å². The number of methoxy groups -OCH3 is 1. The van der Waals surface area contributed by atoms with Gasteiger partial charge in [-0.3, -0.25) is 9.78 Å². The largest absolute Gasteiger partial charge is 0.495 e. The molecule has 2 heterocycles. The van der Waals surface area contributed by atoms with Crippen LogP contribution in [0.25, 0.3) is 0 Å². The monoisotopic (exact) mass is 349 g/mol. The van der Waals surface area contributed by atoms with Gasteiger partial charge in [-0.1, -0.05) is 11.6 Å². The normalized spacial score (nSPS) is 17.0. The number of anilines is 1. The number of halogens is 2. The fourth-order valence-corrected chi connectivity index (χ4v) is 3.00. The third-order valence-corrected chi connectivity index (χ3v) is 4.26. The van der Waals surface area contributed by atoms with Gasteiger partial charge in [0.1, 0.15) is 5.75 Å². The van der Waals surface area contributed by atoms with Crippen LogP contribution in [0.5, 0.6) is 5.75 Å². The van der Waals surface area contributed by atoms with E-state index < -0.39 is 11.7 Å². The van der Waals surface area contributed by atoms with Gasteiger partial charge in [0.05, 0.1) is 24.6 Å². The lowest BCUT2D eigenvalue weighted by molar-refractivity contribution is 0.0936. The highest BCUT2D eigenvalue weighted by atomic mass is 35.5. The van der Waals surface area contributed by atoms with Crippen LogP contribution >= 0.6 is 11.6 Å². The number of nitrogens with one attached hydrogen (secondary N) is 1. The molecule has 0 unspecified atom stereocenters. The maximum absolute atomic E-state index is 13.6. The number of nitrogens with zero attached hydrogens (tertiary/aromatic N) is 2. The number of carbonyl (C=O) groups is 1. The summed E-state index contributed by atoms with van der Waals surface area (Å²) >= 11 is 6.07. The zero-order valence-electron chi connectivity index (χ0n) is 13.1. The lowest BCUT2D eigenvalue weighted by Crippen LogP contribution is -2.37. The third kappa shape index (κ3) is 3.43. The van der Waals surface area contributed by atoms with Crippen LogP contribution in [0.15, 0.2) is 36.7 Å². The van der Waals surface area contributed by atoms with Crippen molar-refractivity contribution in [1.82, 2.24) is 10.3 Å². The first-order chi connectivity index (χ1) is 11.6. The molecule has 1 fully saturated rings. The minimum absolute atomic E-state index is 0.00351. The first-order valence-electron chi connectivity index (χ1n) is 7.57. The Hall–Kier alpha value is -2.34. The first kappa shape index (κ1) is 16.5. The molecule has 0 spiro atoms. The minimum atomic E-state index is -0.624. The fraction of sp³-hybridized carbons (Fsp3) is 0.294. The Morgan fingerprint density at radius 2 is 2.29 bits per heavy atom. The number of rotatable bonds is 4. The van der Waals surface area contributed by atoms with Crippen molar-refractivity contribution < 1.29 is 13.9 Å². The molecular formula is C17H17ClFN3O2. The summed E-state index contributed by atoms with van der Waals surface area (Å²) in [5.74, 6) is -0.326. The molecular weight excluding hydrogens is 333 g/mol. The van der Waals surface area contributed by atoms with Crippen LogP contribution < -0.4 is 15.0 Å². The molecule has 1 aliphatic rings. The van der Waals surface area contributed by atoms with Gasteiger partial charge in [0.15, 0.2) is 5.82 Å². The van der Waals surface area contributed by atoms with E-state index in [-0.39, 0.29) is 11.6 Å². The summed E-state index contributed by atoms with van der Waals surface area (Å²) in [6, 6.07) is 6.72. The molecule has 1 aliphatic heterocycles. The number of hydrogen-bond donors (Lipinski definition) is 1. The molecule has 1 atom stereocenters. The zero-order chi connectivity index (χ0) is 17.1. The summed E-state index contributed by atoms with van der Waals surface area (Å²) in [4.78, 5) is 17.9. The molecule has 24 heavy (non-hydrogen) atoms. The van der Waals surface area contributed by atoms with E-state index in [1.807, 2.05) is 12.1 Å². The molecule has 126 valence electrons. The topological polar surface area (TPSA) is 54.5 Å². The maximum atomic E-state index is 13.6. The van der Waals surface area contributed by atoms with Gasteiger partial charge in [0.25, 0.3) is 5.91 Å². The lowest BCUT2D eigenvalue weighted by atomic mass is 10.2. The number of pyridine rings is 1. The maximum Gasteiger partial charge on any atom is 0.254 e. The molecule has 0 aliphatic carbocycles. The van der Waals surface area contributed by atoms with Gasteiger partial charge in [-0.15, -0.1) is 0 Å². The summed E-state index contributed by atoms with van der Waals surface area (Å²) < 4.78 is 19.0. The number of carbonyl (C=O) groups excluding carboxylic acids is 1. The molecule has 7 heteroatoms. The van der Waals surface area contributed by atoms with Gasteiger partial charge in [0, 0.05) is 30.4 Å². The molecule has 3 rings (SSSR count). The number of benzene rings is 1. The van der Waals surface area contributed by atoms with Gasteiger partial charge in [-0.2, -0.15) is 0 Å². The van der Waals surface area contributed by atoms with Crippen molar-refractivity contribution in [3.63, 3.8) is 0 Å². The highest BCUT2D eigenvalue weighted by Crippen LogP contribution is 2.33. The molecule has 1 saturated heterocycles. The van der Waals surface area contributed by atoms with Crippen molar-refractivity contribution in [3.05, 3.63) is 53.1 Å². The molecule has 1 aromatic heterocycles. The molecule has 0 bridgehead atoms. The minimum Gasteiger partial charge on any atom is -0.495 e. The second-order valence-corrected chi connectivity index (χ2v) is 6.01. The number of amides is 1. The van der Waals surface area contributed by atoms with E-state index in [0.717, 1.165) is 30.6 Å². The summed E-state index contributed by atoms with van der Waals surface area (Å²) in [7, 11) is 1.61. The van der Waals surface area contributed by atoms with Crippen LogP contribution in [0, 0.1) is 5.82 Å². The summed E-state index contributed by atoms with van der Waals surface area (Å²) in [5, 5.41) is 3.49. The van der Waals surface area contributed by atoms with Crippen molar-refractivity contribution in [2.24, 2.45) is 0 Å². The second-order valence-electron chi connectivity index (χ2n) is 5.58. The van der Waals surface area contributed by atoms with E-state index >= 15 is 0 Å². The molecule has 1 aromatic carbocycles. The quantitative estimate of drug-likeness (QED) is 0.922. The number of hydrogen-bond acceptors (Lipinski definition) is 4. The standard InChI is InChI=1S/C17H17ClFN3O2/c1-24-16-3-2-11(18)8-15(16)22-7-5-12(10-22)21-17(23)13-4-6-20-9-14(13)19/h2-4,6,8-9,12H,5,7,10H2,1H3,(H,21,23)/t12-/m1/s1. The average molecular weight is 350 g/mol. The van der Waals surface area contributed by atoms with Crippen LogP contribution in [0.1, 0.15) is 16.8 Å². The van der Waals surface area contributed by atoms with Crippen molar-refractivity contribution in [2.45, 2.75) is 12.5 Å². The van der Waals surface area contributed by atoms with Crippen molar-refractivity contribution >= 4 is 23.2 Å². The van der Waals surface area contributed by atoms with E-state index in [2.05, 4.69) is 15.2 Å².